The largest absolute Gasteiger partial charge is 0.487 e. The van der Waals surface area contributed by atoms with Gasteiger partial charge in [0.25, 0.3) is 0 Å². The summed E-state index contributed by atoms with van der Waals surface area (Å²) < 4.78 is 53.8. The minimum Gasteiger partial charge on any atom is -0.487 e. The third kappa shape index (κ3) is 3.41. The molecule has 0 amide bonds. The van der Waals surface area contributed by atoms with E-state index in [-0.39, 0.29) is 6.61 Å². The summed E-state index contributed by atoms with van der Waals surface area (Å²) in [4.78, 5) is 11.0. The number of hydrogen-bond donors (Lipinski definition) is 1. The zero-order valence-electron chi connectivity index (χ0n) is 15.4. The molecule has 1 saturated carbocycles. The molecule has 4 rings (SSSR count). The van der Waals surface area contributed by atoms with E-state index in [1.54, 1.807) is 0 Å². The first-order chi connectivity index (χ1) is 13.1. The molecule has 0 aromatic heterocycles. The Hall–Kier alpha value is -2.70. The van der Waals surface area contributed by atoms with Crippen LogP contribution in [0.1, 0.15) is 42.9 Å². The summed E-state index contributed by atoms with van der Waals surface area (Å²) in [5.41, 5.74) is 0.866. The van der Waals surface area contributed by atoms with Crippen molar-refractivity contribution in [3.63, 3.8) is 0 Å². The number of aliphatic carboxylic acids is 1. The third-order valence-electron chi connectivity index (χ3n) is 5.13. The van der Waals surface area contributed by atoms with Gasteiger partial charge in [-0.25, -0.2) is 13.2 Å². The van der Waals surface area contributed by atoms with E-state index in [9.17, 15) is 18.0 Å². The van der Waals surface area contributed by atoms with E-state index >= 15 is 0 Å². The quantitative estimate of drug-likeness (QED) is 0.809. The van der Waals surface area contributed by atoms with Gasteiger partial charge >= 0.3 is 5.97 Å². The van der Waals surface area contributed by atoms with Crippen molar-refractivity contribution in [1.29, 1.82) is 0 Å². The zero-order valence-corrected chi connectivity index (χ0v) is 15.4. The number of ether oxygens (including phenoxy) is 2. The van der Waals surface area contributed by atoms with Crippen LogP contribution < -0.4 is 9.47 Å². The number of hydrogen-bond acceptors (Lipinski definition) is 3. The highest BCUT2D eigenvalue weighted by Crippen LogP contribution is 2.48. The van der Waals surface area contributed by atoms with Crippen molar-refractivity contribution in [2.24, 2.45) is 5.92 Å². The third-order valence-corrected chi connectivity index (χ3v) is 5.13. The van der Waals surface area contributed by atoms with Gasteiger partial charge in [-0.1, -0.05) is 0 Å². The number of benzene rings is 2. The van der Waals surface area contributed by atoms with Crippen molar-refractivity contribution >= 4 is 5.97 Å². The summed E-state index contributed by atoms with van der Waals surface area (Å²) in [7, 11) is 0. The Morgan fingerprint density at radius 2 is 1.89 bits per heavy atom. The molecule has 0 radical (unpaired) electrons. The SMILES string of the molecule is CC1(C)Cc2cc(F)cc(COc3c(F)cc(C4CC4C(=O)O)cc3F)c2O1. The van der Waals surface area contributed by atoms with Crippen molar-refractivity contribution in [3.8, 4) is 11.5 Å². The zero-order chi connectivity index (χ0) is 20.2. The molecular formula is C21H19F3O4. The second kappa shape index (κ2) is 6.43. The predicted molar refractivity (Wildman–Crippen MR) is 94.0 cm³/mol. The van der Waals surface area contributed by atoms with E-state index in [1.807, 2.05) is 13.8 Å². The highest BCUT2D eigenvalue weighted by Gasteiger charge is 2.44. The van der Waals surface area contributed by atoms with E-state index in [2.05, 4.69) is 0 Å². The second-order valence-electron chi connectivity index (χ2n) is 7.98. The summed E-state index contributed by atoms with van der Waals surface area (Å²) in [6, 6.07) is 4.81. The smallest absolute Gasteiger partial charge is 0.307 e. The van der Waals surface area contributed by atoms with Gasteiger partial charge < -0.3 is 14.6 Å². The van der Waals surface area contributed by atoms with Crippen LogP contribution in [0.5, 0.6) is 11.5 Å². The van der Waals surface area contributed by atoms with E-state index < -0.39 is 46.6 Å². The van der Waals surface area contributed by atoms with Gasteiger partial charge in [0.15, 0.2) is 17.4 Å². The van der Waals surface area contributed by atoms with Gasteiger partial charge in [-0.05, 0) is 56.0 Å². The average Bonchev–Trinajstić information content (AvgIpc) is 3.31. The van der Waals surface area contributed by atoms with Crippen LogP contribution in [0.2, 0.25) is 0 Å². The van der Waals surface area contributed by atoms with Gasteiger partial charge in [0.1, 0.15) is 23.8 Å². The lowest BCUT2D eigenvalue weighted by Gasteiger charge is -2.18. The van der Waals surface area contributed by atoms with Crippen molar-refractivity contribution in [1.82, 2.24) is 0 Å². The van der Waals surface area contributed by atoms with Crippen molar-refractivity contribution in [2.75, 3.05) is 0 Å². The van der Waals surface area contributed by atoms with Crippen LogP contribution in [0.3, 0.4) is 0 Å². The number of carbonyl (C=O) groups is 1. The number of halogens is 3. The highest BCUT2D eigenvalue weighted by molar-refractivity contribution is 5.75. The molecule has 2 atom stereocenters. The predicted octanol–water partition coefficient (Wildman–Crippen LogP) is 4.58. The molecule has 0 spiro atoms. The lowest BCUT2D eigenvalue weighted by atomic mass is 10.0. The van der Waals surface area contributed by atoms with E-state index in [1.165, 1.54) is 12.1 Å². The molecule has 2 aromatic carbocycles. The normalized spacial score (nSPS) is 21.8. The fourth-order valence-electron chi connectivity index (χ4n) is 3.77. The number of carboxylic acids is 1. The highest BCUT2D eigenvalue weighted by atomic mass is 19.1. The topological polar surface area (TPSA) is 55.8 Å². The first kappa shape index (κ1) is 18.7. The van der Waals surface area contributed by atoms with E-state index in [0.717, 1.165) is 12.1 Å². The molecule has 0 saturated heterocycles. The van der Waals surface area contributed by atoms with E-state index in [4.69, 9.17) is 14.6 Å². The van der Waals surface area contributed by atoms with Gasteiger partial charge in [-0.2, -0.15) is 0 Å². The van der Waals surface area contributed by atoms with Crippen LogP contribution in [0.4, 0.5) is 13.2 Å². The van der Waals surface area contributed by atoms with Gasteiger partial charge in [0, 0.05) is 17.5 Å². The van der Waals surface area contributed by atoms with E-state index in [0.29, 0.717) is 35.3 Å². The minimum atomic E-state index is -0.978. The van der Waals surface area contributed by atoms with Crippen LogP contribution in [0.15, 0.2) is 24.3 Å². The van der Waals surface area contributed by atoms with Gasteiger partial charge in [0.2, 0.25) is 0 Å². The fourth-order valence-corrected chi connectivity index (χ4v) is 3.77. The van der Waals surface area contributed by atoms with Crippen molar-refractivity contribution in [2.45, 2.75) is 44.8 Å². The average molecular weight is 392 g/mol. The standard InChI is InChI=1S/C21H19F3O4/c1-21(2)8-11-3-13(22)4-12(18(11)28-21)9-27-19-16(23)5-10(6-17(19)24)14-7-15(14)20(25)26/h3-6,14-15H,7-9H2,1-2H3,(H,25,26). The molecular weight excluding hydrogens is 373 g/mol. The fraction of sp³-hybridized carbons (Fsp3) is 0.381. The molecule has 2 aliphatic rings. The summed E-state index contributed by atoms with van der Waals surface area (Å²) in [5, 5.41) is 8.97. The summed E-state index contributed by atoms with van der Waals surface area (Å²) in [6.07, 6.45) is 0.883. The molecule has 1 aliphatic carbocycles. The summed E-state index contributed by atoms with van der Waals surface area (Å²) in [6.45, 7) is 3.48. The van der Waals surface area contributed by atoms with Crippen LogP contribution in [-0.4, -0.2) is 16.7 Å². The molecule has 2 unspecified atom stereocenters. The molecule has 1 N–H and O–H groups in total. The minimum absolute atomic E-state index is 0.259. The Labute approximate surface area is 159 Å². The van der Waals surface area contributed by atoms with Crippen LogP contribution >= 0.6 is 0 Å². The first-order valence-electron chi connectivity index (χ1n) is 8.99. The molecule has 1 heterocycles. The number of rotatable bonds is 5. The maximum atomic E-state index is 14.4. The Morgan fingerprint density at radius 3 is 2.50 bits per heavy atom. The molecule has 2 aromatic rings. The summed E-state index contributed by atoms with van der Waals surface area (Å²) in [5.74, 6) is -4.38. The monoisotopic (exact) mass is 392 g/mol. The lowest BCUT2D eigenvalue weighted by Crippen LogP contribution is -2.25. The number of carboxylic acid groups (broad SMARTS) is 1. The van der Waals surface area contributed by atoms with Crippen molar-refractivity contribution in [3.05, 3.63) is 58.4 Å². The maximum absolute atomic E-state index is 14.4. The summed E-state index contributed by atoms with van der Waals surface area (Å²) >= 11 is 0. The Kier molecular flexibility index (Phi) is 4.28. The molecule has 4 nitrogen and oxygen atoms in total. The van der Waals surface area contributed by atoms with Crippen molar-refractivity contribution < 1.29 is 32.5 Å². The van der Waals surface area contributed by atoms with Crippen LogP contribution in [0.25, 0.3) is 0 Å². The molecule has 1 fully saturated rings. The lowest BCUT2D eigenvalue weighted by molar-refractivity contribution is -0.138. The van der Waals surface area contributed by atoms with Crippen LogP contribution in [-0.2, 0) is 17.8 Å². The molecule has 28 heavy (non-hydrogen) atoms. The van der Waals surface area contributed by atoms with Gasteiger partial charge in [-0.3, -0.25) is 4.79 Å². The molecule has 0 bridgehead atoms. The Bertz CT molecular complexity index is 947. The molecule has 7 heteroatoms. The van der Waals surface area contributed by atoms with Gasteiger partial charge in [0.05, 0.1) is 5.92 Å². The second-order valence-corrected chi connectivity index (χ2v) is 7.98. The first-order valence-corrected chi connectivity index (χ1v) is 8.99. The Morgan fingerprint density at radius 1 is 1.21 bits per heavy atom. The maximum Gasteiger partial charge on any atom is 0.307 e. The Balaban J connectivity index is 1.55. The van der Waals surface area contributed by atoms with Gasteiger partial charge in [-0.15, -0.1) is 0 Å². The molecule has 148 valence electrons. The number of fused-ring (bicyclic) bond motifs is 1. The van der Waals surface area contributed by atoms with Crippen LogP contribution in [0, 0.1) is 23.4 Å². The molecule has 1 aliphatic heterocycles.